The van der Waals surface area contributed by atoms with Crippen LogP contribution < -0.4 is 20.1 Å². The van der Waals surface area contributed by atoms with Gasteiger partial charge < -0.3 is 24.8 Å². The lowest BCUT2D eigenvalue weighted by Gasteiger charge is -2.13. The molecule has 2 N–H and O–H groups in total. The van der Waals surface area contributed by atoms with Crippen molar-refractivity contribution in [3.8, 4) is 11.5 Å². The van der Waals surface area contributed by atoms with E-state index in [4.69, 9.17) is 9.47 Å². The Morgan fingerprint density at radius 1 is 1.00 bits per heavy atom. The Labute approximate surface area is 156 Å². The first-order valence-corrected chi connectivity index (χ1v) is 7.99. The molecule has 0 bridgehead atoms. The van der Waals surface area contributed by atoms with Gasteiger partial charge in [0.05, 0.1) is 25.5 Å². The van der Waals surface area contributed by atoms with Crippen LogP contribution in [0.4, 0.5) is 11.4 Å². The fraction of sp³-hybridized carbons (Fsp3) is 0.211. The number of hydrogen-bond donors (Lipinski definition) is 2. The zero-order chi connectivity index (χ0) is 19.8. The summed E-state index contributed by atoms with van der Waals surface area (Å²) >= 11 is 0. The Morgan fingerprint density at radius 2 is 1.78 bits per heavy atom. The third kappa shape index (κ3) is 5.74. The van der Waals surface area contributed by atoms with Gasteiger partial charge in [0.15, 0.2) is 6.61 Å². The normalized spacial score (nSPS) is 9.89. The highest BCUT2D eigenvalue weighted by atomic mass is 16.5. The summed E-state index contributed by atoms with van der Waals surface area (Å²) in [6.07, 6.45) is 0. The van der Waals surface area contributed by atoms with E-state index in [0.29, 0.717) is 28.4 Å². The molecule has 2 aromatic rings. The first-order chi connectivity index (χ1) is 12.9. The predicted molar refractivity (Wildman–Crippen MR) is 99.2 cm³/mol. The van der Waals surface area contributed by atoms with Gasteiger partial charge in [-0.3, -0.25) is 9.59 Å². The van der Waals surface area contributed by atoms with Crippen LogP contribution in [0.5, 0.6) is 11.5 Å². The molecule has 0 fully saturated rings. The van der Waals surface area contributed by atoms with Gasteiger partial charge in [-0.25, -0.2) is 4.79 Å². The molecule has 2 amide bonds. The monoisotopic (exact) mass is 372 g/mol. The number of nitrogens with one attached hydrogen (secondary N) is 2. The smallest absolute Gasteiger partial charge is 0.337 e. The van der Waals surface area contributed by atoms with Gasteiger partial charge in [0.2, 0.25) is 5.91 Å². The number of carbonyl (C=O) groups excluding carboxylic acids is 3. The van der Waals surface area contributed by atoms with Crippen LogP contribution in [0.2, 0.25) is 0 Å². The second kappa shape index (κ2) is 9.23. The summed E-state index contributed by atoms with van der Waals surface area (Å²) < 4.78 is 15.3. The second-order valence-electron chi connectivity index (χ2n) is 5.45. The molecule has 0 aromatic heterocycles. The molecule has 2 aromatic carbocycles. The van der Waals surface area contributed by atoms with Crippen molar-refractivity contribution >= 4 is 29.2 Å². The molecule has 0 aliphatic rings. The summed E-state index contributed by atoms with van der Waals surface area (Å²) in [5, 5.41) is 5.29. The summed E-state index contributed by atoms with van der Waals surface area (Å²) in [6.45, 7) is 1.11. The summed E-state index contributed by atoms with van der Waals surface area (Å²) in [6, 6.07) is 11.2. The van der Waals surface area contributed by atoms with Crippen LogP contribution in [0.3, 0.4) is 0 Å². The van der Waals surface area contributed by atoms with Gasteiger partial charge in [-0.05, 0) is 36.4 Å². The Hall–Kier alpha value is -3.55. The lowest BCUT2D eigenvalue weighted by molar-refractivity contribution is -0.118. The number of rotatable bonds is 7. The van der Waals surface area contributed by atoms with E-state index in [0.717, 1.165) is 0 Å². The van der Waals surface area contributed by atoms with Gasteiger partial charge in [0, 0.05) is 12.6 Å². The summed E-state index contributed by atoms with van der Waals surface area (Å²) in [4.78, 5) is 34.9. The molecule has 0 saturated carbocycles. The first-order valence-electron chi connectivity index (χ1n) is 7.99. The molecule has 2 rings (SSSR count). The van der Waals surface area contributed by atoms with Gasteiger partial charge >= 0.3 is 5.97 Å². The van der Waals surface area contributed by atoms with Crippen molar-refractivity contribution in [2.45, 2.75) is 6.92 Å². The lowest BCUT2D eigenvalue weighted by atomic mass is 10.2. The molecule has 0 unspecified atom stereocenters. The molecule has 27 heavy (non-hydrogen) atoms. The van der Waals surface area contributed by atoms with Crippen molar-refractivity contribution in [3.05, 3.63) is 48.0 Å². The molecule has 8 heteroatoms. The van der Waals surface area contributed by atoms with Gasteiger partial charge in [0.1, 0.15) is 11.5 Å². The van der Waals surface area contributed by atoms with E-state index in [1.54, 1.807) is 36.4 Å². The molecule has 0 saturated heterocycles. The molecule has 0 radical (unpaired) electrons. The summed E-state index contributed by atoms with van der Waals surface area (Å²) in [5.41, 5.74) is 1.23. The highest BCUT2D eigenvalue weighted by Gasteiger charge is 2.11. The highest BCUT2D eigenvalue weighted by Crippen LogP contribution is 2.28. The Balaban J connectivity index is 2.03. The van der Waals surface area contributed by atoms with Crippen molar-refractivity contribution in [2.75, 3.05) is 31.5 Å². The Bertz CT molecular complexity index is 850. The van der Waals surface area contributed by atoms with Gasteiger partial charge in [-0.15, -0.1) is 0 Å². The maximum atomic E-state index is 12.2. The number of hydrogen-bond acceptors (Lipinski definition) is 6. The van der Waals surface area contributed by atoms with E-state index in [9.17, 15) is 14.4 Å². The summed E-state index contributed by atoms with van der Waals surface area (Å²) in [7, 11) is 2.75. The van der Waals surface area contributed by atoms with E-state index < -0.39 is 11.9 Å². The minimum Gasteiger partial charge on any atom is -0.495 e. The maximum Gasteiger partial charge on any atom is 0.337 e. The molecular weight excluding hydrogens is 352 g/mol. The van der Waals surface area contributed by atoms with Gasteiger partial charge in [-0.2, -0.15) is 0 Å². The van der Waals surface area contributed by atoms with Crippen LogP contribution in [0.15, 0.2) is 42.5 Å². The van der Waals surface area contributed by atoms with Crippen molar-refractivity contribution < 1.29 is 28.6 Å². The largest absolute Gasteiger partial charge is 0.495 e. The fourth-order valence-electron chi connectivity index (χ4n) is 2.25. The van der Waals surface area contributed by atoms with Crippen LogP contribution in [-0.2, 0) is 14.3 Å². The third-order valence-electron chi connectivity index (χ3n) is 3.42. The van der Waals surface area contributed by atoms with E-state index in [2.05, 4.69) is 15.4 Å². The first kappa shape index (κ1) is 19.8. The topological polar surface area (TPSA) is 103 Å². The molecule has 0 aliphatic heterocycles. The maximum absolute atomic E-state index is 12.2. The molecule has 142 valence electrons. The van der Waals surface area contributed by atoms with Crippen LogP contribution in [-0.4, -0.2) is 38.6 Å². The van der Waals surface area contributed by atoms with Crippen molar-refractivity contribution in [1.82, 2.24) is 0 Å². The quantitative estimate of drug-likeness (QED) is 0.724. The molecule has 0 heterocycles. The van der Waals surface area contributed by atoms with Crippen LogP contribution >= 0.6 is 0 Å². The standard InChI is InChI=1S/C19H20N2O6/c1-12(22)20-14-7-8-17(25-2)16(10-14)21-18(23)11-27-15-6-4-5-13(9-15)19(24)26-3/h4-10H,11H2,1-3H3,(H,20,22)(H,21,23). The number of methoxy groups -OCH3 is 2. The average Bonchev–Trinajstić information content (AvgIpc) is 2.65. The molecule has 0 atom stereocenters. The number of carbonyl (C=O) groups is 3. The SMILES string of the molecule is COC(=O)c1cccc(OCC(=O)Nc2cc(NC(C)=O)ccc2OC)c1. The van der Waals surface area contributed by atoms with Crippen molar-refractivity contribution in [2.24, 2.45) is 0 Å². The zero-order valence-corrected chi connectivity index (χ0v) is 15.2. The zero-order valence-electron chi connectivity index (χ0n) is 15.2. The highest BCUT2D eigenvalue weighted by molar-refractivity contribution is 5.95. The average molecular weight is 372 g/mol. The summed E-state index contributed by atoms with van der Waals surface area (Å²) in [5.74, 6) is -0.371. The molecular formula is C19H20N2O6. The number of esters is 1. The number of anilines is 2. The van der Waals surface area contributed by atoms with E-state index in [-0.39, 0.29) is 12.5 Å². The fourth-order valence-corrected chi connectivity index (χ4v) is 2.25. The second-order valence-corrected chi connectivity index (χ2v) is 5.45. The van der Waals surface area contributed by atoms with E-state index >= 15 is 0 Å². The molecule has 0 aliphatic carbocycles. The van der Waals surface area contributed by atoms with Gasteiger partial charge in [0.25, 0.3) is 5.91 Å². The van der Waals surface area contributed by atoms with Gasteiger partial charge in [-0.1, -0.05) is 6.07 Å². The van der Waals surface area contributed by atoms with Crippen LogP contribution in [0.25, 0.3) is 0 Å². The Morgan fingerprint density at radius 3 is 2.44 bits per heavy atom. The minimum atomic E-state index is -0.496. The number of amides is 2. The minimum absolute atomic E-state index is 0.230. The Kier molecular flexibility index (Phi) is 6.76. The third-order valence-corrected chi connectivity index (χ3v) is 3.42. The van der Waals surface area contributed by atoms with Crippen molar-refractivity contribution in [1.29, 1.82) is 0 Å². The number of benzene rings is 2. The van der Waals surface area contributed by atoms with Crippen LogP contribution in [0, 0.1) is 0 Å². The molecule has 8 nitrogen and oxygen atoms in total. The lowest BCUT2D eigenvalue weighted by Crippen LogP contribution is -2.20. The number of ether oxygens (including phenoxy) is 3. The predicted octanol–water partition coefficient (Wildman–Crippen LogP) is 2.46. The van der Waals surface area contributed by atoms with E-state index in [1.807, 2.05) is 0 Å². The van der Waals surface area contributed by atoms with Crippen LogP contribution in [0.1, 0.15) is 17.3 Å². The molecule has 0 spiro atoms. The van der Waals surface area contributed by atoms with E-state index in [1.165, 1.54) is 27.2 Å². The van der Waals surface area contributed by atoms with Crippen molar-refractivity contribution in [3.63, 3.8) is 0 Å².